The van der Waals surface area contributed by atoms with Crippen LogP contribution in [0.25, 0.3) is 5.69 Å². The molecule has 1 saturated heterocycles. The maximum absolute atomic E-state index is 12.8. The predicted molar refractivity (Wildman–Crippen MR) is 103 cm³/mol. The maximum Gasteiger partial charge on any atom is 0.255 e. The summed E-state index contributed by atoms with van der Waals surface area (Å²) >= 11 is 0. The number of hydrogen-bond donors (Lipinski definition) is 2. The number of benzene rings is 1. The highest BCUT2D eigenvalue weighted by Crippen LogP contribution is 2.26. The number of aromatic nitrogens is 3. The zero-order chi connectivity index (χ0) is 19.5. The Morgan fingerprint density at radius 3 is 2.63 bits per heavy atom. The van der Waals surface area contributed by atoms with Gasteiger partial charge in [-0.3, -0.25) is 4.79 Å². The fourth-order valence-corrected chi connectivity index (χ4v) is 3.47. The first-order valence-electron chi connectivity index (χ1n) is 9.43. The van der Waals surface area contributed by atoms with Gasteiger partial charge in [0.25, 0.3) is 5.91 Å². The molecule has 3 rings (SSSR count). The number of carbonyl (C=O) groups is 1. The van der Waals surface area contributed by atoms with Crippen LogP contribution in [0.3, 0.4) is 0 Å². The van der Waals surface area contributed by atoms with Gasteiger partial charge in [0.05, 0.1) is 5.69 Å². The monoisotopic (exact) mass is 371 g/mol. The van der Waals surface area contributed by atoms with Crippen molar-refractivity contribution in [3.63, 3.8) is 0 Å². The summed E-state index contributed by atoms with van der Waals surface area (Å²) in [7, 11) is 0. The lowest BCUT2D eigenvalue weighted by Gasteiger charge is -2.41. The van der Waals surface area contributed by atoms with E-state index in [1.807, 2.05) is 24.3 Å². The summed E-state index contributed by atoms with van der Waals surface area (Å²) < 4.78 is 1.70. The SMILES string of the molecule is CC(C)(C)CN1CCCC(O)(CNCc2ccc(-n3cncn3)cc2)C1=O. The number of carbonyl (C=O) groups excluding carboxylic acids is 1. The van der Waals surface area contributed by atoms with Crippen molar-refractivity contribution < 1.29 is 9.90 Å². The molecule has 27 heavy (non-hydrogen) atoms. The summed E-state index contributed by atoms with van der Waals surface area (Å²) in [6.07, 6.45) is 4.48. The van der Waals surface area contributed by atoms with Crippen molar-refractivity contribution in [3.05, 3.63) is 42.5 Å². The quantitative estimate of drug-likeness (QED) is 0.808. The molecule has 2 heterocycles. The summed E-state index contributed by atoms with van der Waals surface area (Å²) in [5.74, 6) is -0.155. The molecule has 1 unspecified atom stereocenters. The summed E-state index contributed by atoms with van der Waals surface area (Å²) in [6.45, 7) is 8.56. The Labute approximate surface area is 160 Å². The molecule has 7 heteroatoms. The molecule has 1 aromatic heterocycles. The van der Waals surface area contributed by atoms with E-state index >= 15 is 0 Å². The van der Waals surface area contributed by atoms with Crippen molar-refractivity contribution in [1.82, 2.24) is 25.0 Å². The van der Waals surface area contributed by atoms with Gasteiger partial charge in [-0.15, -0.1) is 0 Å². The molecule has 1 aromatic carbocycles. The number of aliphatic hydroxyl groups is 1. The minimum Gasteiger partial charge on any atom is -0.379 e. The molecular weight excluding hydrogens is 342 g/mol. The number of piperidine rings is 1. The van der Waals surface area contributed by atoms with Crippen LogP contribution in [0.5, 0.6) is 0 Å². The highest BCUT2D eigenvalue weighted by molar-refractivity contribution is 5.86. The highest BCUT2D eigenvalue weighted by Gasteiger charge is 2.42. The Morgan fingerprint density at radius 1 is 1.26 bits per heavy atom. The molecule has 2 N–H and O–H groups in total. The van der Waals surface area contributed by atoms with E-state index in [1.54, 1.807) is 15.9 Å². The van der Waals surface area contributed by atoms with Crippen LogP contribution in [0, 0.1) is 5.41 Å². The molecule has 1 aliphatic heterocycles. The fraction of sp³-hybridized carbons (Fsp3) is 0.550. The zero-order valence-corrected chi connectivity index (χ0v) is 16.4. The Morgan fingerprint density at radius 2 is 2.00 bits per heavy atom. The molecule has 1 aliphatic rings. The van der Waals surface area contributed by atoms with Crippen molar-refractivity contribution in [1.29, 1.82) is 0 Å². The average molecular weight is 371 g/mol. The molecule has 0 radical (unpaired) electrons. The molecule has 0 saturated carbocycles. The van der Waals surface area contributed by atoms with Gasteiger partial charge >= 0.3 is 0 Å². The molecule has 2 aromatic rings. The second kappa shape index (κ2) is 7.78. The van der Waals surface area contributed by atoms with Crippen LogP contribution >= 0.6 is 0 Å². The van der Waals surface area contributed by atoms with Gasteiger partial charge < -0.3 is 15.3 Å². The van der Waals surface area contributed by atoms with Crippen molar-refractivity contribution in [3.8, 4) is 5.69 Å². The van der Waals surface area contributed by atoms with Gasteiger partial charge in [0.2, 0.25) is 0 Å². The van der Waals surface area contributed by atoms with Crippen molar-refractivity contribution in [2.24, 2.45) is 5.41 Å². The smallest absolute Gasteiger partial charge is 0.255 e. The van der Waals surface area contributed by atoms with E-state index in [0.29, 0.717) is 19.5 Å². The van der Waals surface area contributed by atoms with Crippen molar-refractivity contribution in [2.45, 2.75) is 45.8 Å². The molecule has 7 nitrogen and oxygen atoms in total. The number of likely N-dealkylation sites (tertiary alicyclic amines) is 1. The van der Waals surface area contributed by atoms with Gasteiger partial charge in [-0.05, 0) is 36.0 Å². The minimum atomic E-state index is -1.32. The lowest BCUT2D eigenvalue weighted by Crippen LogP contribution is -2.59. The molecule has 0 bridgehead atoms. The molecule has 1 amide bonds. The minimum absolute atomic E-state index is 0.0210. The van der Waals surface area contributed by atoms with Crippen LogP contribution in [0.1, 0.15) is 39.2 Å². The number of rotatable bonds is 6. The number of nitrogens with zero attached hydrogens (tertiary/aromatic N) is 4. The van der Waals surface area contributed by atoms with E-state index in [9.17, 15) is 9.90 Å². The lowest BCUT2D eigenvalue weighted by molar-refractivity contribution is -0.158. The molecule has 1 atom stereocenters. The van der Waals surface area contributed by atoms with Crippen molar-refractivity contribution >= 4 is 5.91 Å². The molecule has 1 fully saturated rings. The third-order valence-electron chi connectivity index (χ3n) is 4.74. The van der Waals surface area contributed by atoms with Crippen molar-refractivity contribution in [2.75, 3.05) is 19.6 Å². The third-order valence-corrected chi connectivity index (χ3v) is 4.74. The Kier molecular flexibility index (Phi) is 5.62. The van der Waals surface area contributed by atoms with Crippen LogP contribution < -0.4 is 5.32 Å². The largest absolute Gasteiger partial charge is 0.379 e. The van der Waals surface area contributed by atoms with E-state index in [0.717, 1.165) is 24.2 Å². The van der Waals surface area contributed by atoms with Crippen LogP contribution in [-0.4, -0.2) is 55.9 Å². The number of nitrogens with one attached hydrogen (secondary N) is 1. The van der Waals surface area contributed by atoms with E-state index in [4.69, 9.17) is 0 Å². The molecule has 0 spiro atoms. The summed E-state index contributed by atoms with van der Waals surface area (Å²) in [6, 6.07) is 7.94. The van der Waals surface area contributed by atoms with Gasteiger partial charge in [0.1, 0.15) is 12.7 Å². The third kappa shape index (κ3) is 4.93. The second-order valence-corrected chi connectivity index (χ2v) is 8.53. The molecule has 0 aliphatic carbocycles. The number of amides is 1. The first-order valence-corrected chi connectivity index (χ1v) is 9.43. The first kappa shape index (κ1) is 19.5. The molecule has 146 valence electrons. The standard InChI is InChI=1S/C20H29N5O2/c1-19(2,3)13-24-10-4-9-20(27,18(24)26)12-21-11-16-5-7-17(8-6-16)25-15-22-14-23-25/h5-8,14-15,21,27H,4,9-13H2,1-3H3. The first-order chi connectivity index (χ1) is 12.8. The second-order valence-electron chi connectivity index (χ2n) is 8.53. The van der Waals surface area contributed by atoms with E-state index in [1.165, 1.54) is 6.33 Å². The van der Waals surface area contributed by atoms with Crippen LogP contribution in [0.2, 0.25) is 0 Å². The van der Waals surface area contributed by atoms with Gasteiger partial charge in [-0.25, -0.2) is 9.67 Å². The molecular formula is C20H29N5O2. The van der Waals surface area contributed by atoms with Gasteiger partial charge in [-0.1, -0.05) is 32.9 Å². The van der Waals surface area contributed by atoms with Gasteiger partial charge in [0.15, 0.2) is 5.60 Å². The summed E-state index contributed by atoms with van der Waals surface area (Å²) in [4.78, 5) is 18.5. The normalized spacial score (nSPS) is 20.9. The van der Waals surface area contributed by atoms with Crippen LogP contribution in [0.4, 0.5) is 0 Å². The highest BCUT2D eigenvalue weighted by atomic mass is 16.3. The van der Waals surface area contributed by atoms with Gasteiger partial charge in [-0.2, -0.15) is 5.10 Å². The zero-order valence-electron chi connectivity index (χ0n) is 16.4. The van der Waals surface area contributed by atoms with E-state index in [-0.39, 0.29) is 17.9 Å². The Hall–Kier alpha value is -2.25. The Balaban J connectivity index is 1.55. The summed E-state index contributed by atoms with van der Waals surface area (Å²) in [5.41, 5.74) is 0.726. The van der Waals surface area contributed by atoms with E-state index in [2.05, 4.69) is 36.2 Å². The summed E-state index contributed by atoms with van der Waals surface area (Å²) in [5, 5.41) is 18.2. The van der Waals surface area contributed by atoms with E-state index < -0.39 is 5.60 Å². The predicted octanol–water partition coefficient (Wildman–Crippen LogP) is 1.76. The van der Waals surface area contributed by atoms with Crippen LogP contribution in [0.15, 0.2) is 36.9 Å². The van der Waals surface area contributed by atoms with Gasteiger partial charge in [0, 0.05) is 26.2 Å². The fourth-order valence-electron chi connectivity index (χ4n) is 3.47. The lowest BCUT2D eigenvalue weighted by atomic mass is 9.88. The average Bonchev–Trinajstić information content (AvgIpc) is 3.13. The van der Waals surface area contributed by atoms with Crippen LogP contribution in [-0.2, 0) is 11.3 Å². The Bertz CT molecular complexity index is 752. The number of hydrogen-bond acceptors (Lipinski definition) is 5. The maximum atomic E-state index is 12.8. The topological polar surface area (TPSA) is 83.3 Å².